The van der Waals surface area contributed by atoms with Gasteiger partial charge in [-0.2, -0.15) is 5.10 Å². The van der Waals surface area contributed by atoms with Crippen LogP contribution < -0.4 is 10.6 Å². The highest BCUT2D eigenvalue weighted by Gasteiger charge is 2.26. The first kappa shape index (κ1) is 23.7. The molecule has 1 aliphatic rings. The summed E-state index contributed by atoms with van der Waals surface area (Å²) in [6.45, 7) is 17.2. The predicted octanol–water partition coefficient (Wildman–Crippen LogP) is 2.27. The first-order chi connectivity index (χ1) is 14.0. The minimum absolute atomic E-state index is 0.479. The first-order valence-electron chi connectivity index (χ1n) is 11.3. The molecule has 2 heterocycles. The molecule has 1 aliphatic heterocycles. The number of rotatable bonds is 10. The fraction of sp³-hybridized carbons (Fsp3) is 0.818. The van der Waals surface area contributed by atoms with Crippen molar-refractivity contribution in [2.45, 2.75) is 59.9 Å². The molecule has 1 aromatic heterocycles. The van der Waals surface area contributed by atoms with Crippen molar-refractivity contribution in [2.24, 2.45) is 18.0 Å². The molecule has 1 unspecified atom stereocenters. The molecule has 29 heavy (non-hydrogen) atoms. The van der Waals surface area contributed by atoms with E-state index in [0.29, 0.717) is 12.0 Å². The molecule has 1 aromatic rings. The van der Waals surface area contributed by atoms with Gasteiger partial charge in [0.15, 0.2) is 5.96 Å². The lowest BCUT2D eigenvalue weighted by atomic mass is 9.92. The normalized spacial score (nSPS) is 17.0. The van der Waals surface area contributed by atoms with E-state index >= 15 is 0 Å². The number of hydrogen-bond acceptors (Lipinski definition) is 4. The number of aryl methyl sites for hydroxylation is 2. The van der Waals surface area contributed by atoms with Crippen LogP contribution in [0.4, 0.5) is 0 Å². The molecule has 0 radical (unpaired) electrons. The van der Waals surface area contributed by atoms with Gasteiger partial charge >= 0.3 is 0 Å². The molecule has 1 fully saturated rings. The van der Waals surface area contributed by atoms with Crippen molar-refractivity contribution in [3.8, 4) is 0 Å². The molecule has 0 aliphatic carbocycles. The van der Waals surface area contributed by atoms with Crippen molar-refractivity contribution in [3.05, 3.63) is 17.0 Å². The molecule has 2 rings (SSSR count). The summed E-state index contributed by atoms with van der Waals surface area (Å²) >= 11 is 0. The molecule has 0 bridgehead atoms. The van der Waals surface area contributed by atoms with Gasteiger partial charge in [-0.25, -0.2) is 0 Å². The summed E-state index contributed by atoms with van der Waals surface area (Å²) in [7, 11) is 2.01. The van der Waals surface area contributed by atoms with E-state index in [4.69, 9.17) is 9.73 Å². The van der Waals surface area contributed by atoms with Crippen molar-refractivity contribution in [3.63, 3.8) is 0 Å². The number of aliphatic imine (C=N–C) groups is 1. The van der Waals surface area contributed by atoms with Crippen molar-refractivity contribution >= 4 is 5.96 Å². The van der Waals surface area contributed by atoms with Crippen LogP contribution in [0.5, 0.6) is 0 Å². The monoisotopic (exact) mass is 406 g/mol. The number of guanidine groups is 1. The molecule has 7 heteroatoms. The molecule has 2 N–H and O–H groups in total. The van der Waals surface area contributed by atoms with E-state index < -0.39 is 0 Å². The minimum Gasteiger partial charge on any atom is -0.379 e. The maximum absolute atomic E-state index is 5.57. The van der Waals surface area contributed by atoms with E-state index in [0.717, 1.165) is 64.0 Å². The van der Waals surface area contributed by atoms with Gasteiger partial charge in [-0.05, 0) is 38.7 Å². The van der Waals surface area contributed by atoms with Crippen LogP contribution in [0.1, 0.15) is 50.6 Å². The SMILES string of the molecule is CCNC(=NCC(C(CC)CC)N1CCOCC1)NCCc1c(C)nn(C)c1C. The minimum atomic E-state index is 0.479. The Hall–Kier alpha value is -1.60. The van der Waals surface area contributed by atoms with E-state index in [-0.39, 0.29) is 0 Å². The van der Waals surface area contributed by atoms with Gasteiger partial charge in [0.2, 0.25) is 0 Å². The van der Waals surface area contributed by atoms with Crippen LogP contribution in [0.15, 0.2) is 4.99 Å². The van der Waals surface area contributed by atoms with E-state index in [1.165, 1.54) is 24.1 Å². The van der Waals surface area contributed by atoms with Gasteiger partial charge in [0.25, 0.3) is 0 Å². The second kappa shape index (κ2) is 12.2. The van der Waals surface area contributed by atoms with Crippen molar-refractivity contribution in [2.75, 3.05) is 45.9 Å². The Morgan fingerprint density at radius 2 is 1.83 bits per heavy atom. The number of ether oxygens (including phenoxy) is 1. The zero-order valence-electron chi connectivity index (χ0n) is 19.4. The molecule has 0 saturated carbocycles. The molecule has 0 aromatic carbocycles. The van der Waals surface area contributed by atoms with Crippen molar-refractivity contribution in [1.82, 2.24) is 25.3 Å². The second-order valence-corrected chi connectivity index (χ2v) is 7.96. The summed E-state index contributed by atoms with van der Waals surface area (Å²) in [5.41, 5.74) is 3.70. The highest BCUT2D eigenvalue weighted by molar-refractivity contribution is 5.79. The molecule has 166 valence electrons. The predicted molar refractivity (Wildman–Crippen MR) is 121 cm³/mol. The van der Waals surface area contributed by atoms with Crippen LogP contribution in [-0.2, 0) is 18.2 Å². The average Bonchev–Trinajstić information content (AvgIpc) is 2.97. The van der Waals surface area contributed by atoms with Crippen molar-refractivity contribution < 1.29 is 4.74 Å². The smallest absolute Gasteiger partial charge is 0.191 e. The topological polar surface area (TPSA) is 66.7 Å². The highest BCUT2D eigenvalue weighted by Crippen LogP contribution is 2.20. The molecule has 7 nitrogen and oxygen atoms in total. The maximum Gasteiger partial charge on any atom is 0.191 e. The fourth-order valence-corrected chi connectivity index (χ4v) is 4.32. The molecular formula is C22H42N6O. The lowest BCUT2D eigenvalue weighted by Crippen LogP contribution is -2.49. The summed E-state index contributed by atoms with van der Waals surface area (Å²) in [4.78, 5) is 7.56. The third kappa shape index (κ3) is 6.71. The number of morpholine rings is 1. The maximum atomic E-state index is 5.57. The fourth-order valence-electron chi connectivity index (χ4n) is 4.32. The number of nitrogens with one attached hydrogen (secondary N) is 2. The molecule has 1 atom stereocenters. The summed E-state index contributed by atoms with van der Waals surface area (Å²) in [5, 5.41) is 11.5. The van der Waals surface area contributed by atoms with E-state index in [2.05, 4.69) is 55.3 Å². The number of hydrogen-bond donors (Lipinski definition) is 2. The van der Waals surface area contributed by atoms with E-state index in [1.54, 1.807) is 0 Å². The first-order valence-corrected chi connectivity index (χ1v) is 11.3. The van der Waals surface area contributed by atoms with E-state index in [9.17, 15) is 0 Å². The van der Waals surface area contributed by atoms with Crippen LogP contribution in [0, 0.1) is 19.8 Å². The Labute approximate surface area is 177 Å². The summed E-state index contributed by atoms with van der Waals surface area (Å²) < 4.78 is 7.53. The quantitative estimate of drug-likeness (QED) is 0.461. The summed E-state index contributed by atoms with van der Waals surface area (Å²) in [6.07, 6.45) is 3.34. The largest absolute Gasteiger partial charge is 0.379 e. The molecule has 0 spiro atoms. The van der Waals surface area contributed by atoms with Crippen LogP contribution in [0.2, 0.25) is 0 Å². The Balaban J connectivity index is 2.00. The second-order valence-electron chi connectivity index (χ2n) is 7.96. The van der Waals surface area contributed by atoms with Gasteiger partial charge in [-0.1, -0.05) is 26.7 Å². The van der Waals surface area contributed by atoms with Crippen LogP contribution >= 0.6 is 0 Å². The molecule has 1 saturated heterocycles. The molecular weight excluding hydrogens is 364 g/mol. The summed E-state index contributed by atoms with van der Waals surface area (Å²) in [6, 6.07) is 0.479. The lowest BCUT2D eigenvalue weighted by molar-refractivity contribution is 0.00395. The number of aromatic nitrogens is 2. The zero-order valence-corrected chi connectivity index (χ0v) is 19.4. The van der Waals surface area contributed by atoms with Crippen molar-refractivity contribution in [1.29, 1.82) is 0 Å². The average molecular weight is 407 g/mol. The Kier molecular flexibility index (Phi) is 9.94. The third-order valence-corrected chi connectivity index (χ3v) is 6.21. The third-order valence-electron chi connectivity index (χ3n) is 6.21. The number of nitrogens with zero attached hydrogens (tertiary/aromatic N) is 4. The van der Waals surface area contributed by atoms with Crippen LogP contribution in [0.3, 0.4) is 0 Å². The Morgan fingerprint density at radius 1 is 1.14 bits per heavy atom. The Bertz CT molecular complexity index is 631. The van der Waals surface area contributed by atoms with Gasteiger partial charge in [0.05, 0.1) is 25.5 Å². The zero-order chi connectivity index (χ0) is 21.2. The van der Waals surface area contributed by atoms with Gasteiger partial charge < -0.3 is 15.4 Å². The van der Waals surface area contributed by atoms with Gasteiger partial charge in [-0.15, -0.1) is 0 Å². The van der Waals surface area contributed by atoms with Gasteiger partial charge in [-0.3, -0.25) is 14.6 Å². The highest BCUT2D eigenvalue weighted by atomic mass is 16.5. The Morgan fingerprint density at radius 3 is 2.38 bits per heavy atom. The van der Waals surface area contributed by atoms with Crippen LogP contribution in [-0.4, -0.2) is 72.6 Å². The lowest BCUT2D eigenvalue weighted by Gasteiger charge is -2.38. The van der Waals surface area contributed by atoms with Gasteiger partial charge in [0, 0.05) is 45.0 Å². The van der Waals surface area contributed by atoms with Gasteiger partial charge in [0.1, 0.15) is 0 Å². The van der Waals surface area contributed by atoms with E-state index in [1.807, 2.05) is 11.7 Å². The standard InChI is InChI=1S/C22H42N6O/c1-7-19(8-2)21(28-12-14-29-15-13-28)16-25-22(23-9-3)24-11-10-20-17(4)26-27(6)18(20)5/h19,21H,7-16H2,1-6H3,(H2,23,24,25). The summed E-state index contributed by atoms with van der Waals surface area (Å²) in [5.74, 6) is 1.58. The van der Waals surface area contributed by atoms with Crippen LogP contribution in [0.25, 0.3) is 0 Å². The molecule has 0 amide bonds.